The lowest BCUT2D eigenvalue weighted by molar-refractivity contribution is 0.502. The molecule has 0 aliphatic heterocycles. The number of rotatable bonds is 6. The predicted molar refractivity (Wildman–Crippen MR) is 83.3 cm³/mol. The lowest BCUT2D eigenvalue weighted by Gasteiger charge is -2.22. The van der Waals surface area contributed by atoms with E-state index in [-0.39, 0.29) is 0 Å². The summed E-state index contributed by atoms with van der Waals surface area (Å²) in [6, 6.07) is 8.04. The van der Waals surface area contributed by atoms with Gasteiger partial charge in [-0.25, -0.2) is 4.98 Å². The fraction of sp³-hybridized carbons (Fsp3) is 0.438. The molecule has 0 bridgehead atoms. The van der Waals surface area contributed by atoms with Gasteiger partial charge in [0.2, 0.25) is 0 Å². The number of hydrogen-bond acceptors (Lipinski definition) is 3. The Morgan fingerprint density at radius 2 is 2.15 bits per heavy atom. The van der Waals surface area contributed by atoms with E-state index >= 15 is 0 Å². The van der Waals surface area contributed by atoms with Gasteiger partial charge in [0.1, 0.15) is 11.6 Å². The zero-order valence-electron chi connectivity index (χ0n) is 12.3. The Morgan fingerprint density at radius 1 is 1.35 bits per heavy atom. The van der Waals surface area contributed by atoms with Crippen molar-refractivity contribution < 1.29 is 4.42 Å². The van der Waals surface area contributed by atoms with Gasteiger partial charge in [0.25, 0.3) is 0 Å². The Kier molecular flexibility index (Phi) is 5.07. The number of hydrogen-bond donors (Lipinski definition) is 0. The van der Waals surface area contributed by atoms with Crippen molar-refractivity contribution in [2.75, 3.05) is 11.4 Å². The number of nitrogens with zero attached hydrogens (tertiary/aromatic N) is 2. The van der Waals surface area contributed by atoms with E-state index in [2.05, 4.69) is 37.8 Å². The predicted octanol–water partition coefficient (Wildman–Crippen LogP) is 4.56. The third kappa shape index (κ3) is 3.54. The number of pyridine rings is 1. The van der Waals surface area contributed by atoms with Gasteiger partial charge in [-0.3, -0.25) is 0 Å². The second kappa shape index (κ2) is 6.80. The Bertz CT molecular complexity index is 537. The van der Waals surface area contributed by atoms with E-state index in [1.165, 1.54) is 0 Å². The normalized spacial score (nSPS) is 11.1. The molecular weight excluding hydrogens is 272 g/mol. The quantitative estimate of drug-likeness (QED) is 0.731. The molecule has 2 rings (SSSR count). The molecule has 0 saturated heterocycles. The van der Waals surface area contributed by atoms with Crippen LogP contribution in [0.2, 0.25) is 0 Å². The summed E-state index contributed by atoms with van der Waals surface area (Å²) in [5.74, 6) is 2.80. The highest BCUT2D eigenvalue weighted by atomic mass is 35.5. The standard InChI is InChI=1S/C16H21ClN2O/c1-4-19(11-14-6-5-7-20-14)16-9-13(10-17)8-15(18-16)12(2)3/h5-9,12H,4,10-11H2,1-3H3. The molecule has 0 saturated carbocycles. The van der Waals surface area contributed by atoms with E-state index < -0.39 is 0 Å². The fourth-order valence-electron chi connectivity index (χ4n) is 2.07. The summed E-state index contributed by atoms with van der Waals surface area (Å²) in [4.78, 5) is 6.95. The van der Waals surface area contributed by atoms with Gasteiger partial charge in [0.05, 0.1) is 12.8 Å². The first kappa shape index (κ1) is 14.9. The lowest BCUT2D eigenvalue weighted by Crippen LogP contribution is -2.23. The molecule has 0 N–H and O–H groups in total. The second-order valence-electron chi connectivity index (χ2n) is 5.14. The lowest BCUT2D eigenvalue weighted by atomic mass is 10.1. The summed E-state index contributed by atoms with van der Waals surface area (Å²) in [6.07, 6.45) is 1.70. The van der Waals surface area contributed by atoms with Crippen LogP contribution in [0.3, 0.4) is 0 Å². The molecule has 0 aliphatic rings. The van der Waals surface area contributed by atoms with Crippen LogP contribution in [-0.4, -0.2) is 11.5 Å². The van der Waals surface area contributed by atoms with Crippen molar-refractivity contribution in [3.05, 3.63) is 47.5 Å². The zero-order valence-corrected chi connectivity index (χ0v) is 13.0. The number of aromatic nitrogens is 1. The molecule has 0 atom stereocenters. The summed E-state index contributed by atoms with van der Waals surface area (Å²) in [6.45, 7) is 8.00. The van der Waals surface area contributed by atoms with Gasteiger partial charge in [-0.05, 0) is 42.7 Å². The summed E-state index contributed by atoms with van der Waals surface area (Å²) >= 11 is 6.00. The van der Waals surface area contributed by atoms with E-state index in [4.69, 9.17) is 21.0 Å². The van der Waals surface area contributed by atoms with Crippen molar-refractivity contribution in [3.63, 3.8) is 0 Å². The molecule has 3 nitrogen and oxygen atoms in total. The van der Waals surface area contributed by atoms with Crippen molar-refractivity contribution in [1.29, 1.82) is 0 Å². The van der Waals surface area contributed by atoms with Gasteiger partial charge in [-0.2, -0.15) is 0 Å². The van der Waals surface area contributed by atoms with Crippen molar-refractivity contribution in [2.24, 2.45) is 0 Å². The van der Waals surface area contributed by atoms with Gasteiger partial charge < -0.3 is 9.32 Å². The Balaban J connectivity index is 2.30. The van der Waals surface area contributed by atoms with Crippen molar-refractivity contribution in [3.8, 4) is 0 Å². The van der Waals surface area contributed by atoms with Crippen LogP contribution in [0.4, 0.5) is 5.82 Å². The zero-order chi connectivity index (χ0) is 14.5. The maximum Gasteiger partial charge on any atom is 0.129 e. The first-order valence-electron chi connectivity index (χ1n) is 6.98. The van der Waals surface area contributed by atoms with Crippen LogP contribution in [-0.2, 0) is 12.4 Å². The van der Waals surface area contributed by atoms with Crippen LogP contribution >= 0.6 is 11.6 Å². The molecule has 20 heavy (non-hydrogen) atoms. The minimum atomic E-state index is 0.388. The van der Waals surface area contributed by atoms with Crippen molar-refractivity contribution in [1.82, 2.24) is 4.98 Å². The topological polar surface area (TPSA) is 29.3 Å². The molecule has 0 radical (unpaired) electrons. The van der Waals surface area contributed by atoms with E-state index in [0.717, 1.165) is 35.9 Å². The molecule has 2 heterocycles. The molecular formula is C16H21ClN2O. The highest BCUT2D eigenvalue weighted by molar-refractivity contribution is 6.17. The van der Waals surface area contributed by atoms with Crippen LogP contribution in [0, 0.1) is 0 Å². The van der Waals surface area contributed by atoms with E-state index in [9.17, 15) is 0 Å². The molecule has 0 aliphatic carbocycles. The van der Waals surface area contributed by atoms with E-state index in [1.54, 1.807) is 6.26 Å². The van der Waals surface area contributed by atoms with E-state index in [0.29, 0.717) is 11.8 Å². The molecule has 0 spiro atoms. The first-order valence-corrected chi connectivity index (χ1v) is 7.51. The van der Waals surface area contributed by atoms with Gasteiger partial charge in [-0.15, -0.1) is 11.6 Å². The van der Waals surface area contributed by atoms with Crippen LogP contribution in [0.5, 0.6) is 0 Å². The van der Waals surface area contributed by atoms with Gasteiger partial charge in [-0.1, -0.05) is 13.8 Å². The number of alkyl halides is 1. The average Bonchev–Trinajstić information content (AvgIpc) is 2.97. The van der Waals surface area contributed by atoms with Crippen LogP contribution in [0.1, 0.15) is 43.7 Å². The van der Waals surface area contributed by atoms with Crippen LogP contribution in [0.15, 0.2) is 34.9 Å². The smallest absolute Gasteiger partial charge is 0.129 e. The summed E-state index contributed by atoms with van der Waals surface area (Å²) in [5, 5.41) is 0. The first-order chi connectivity index (χ1) is 9.63. The van der Waals surface area contributed by atoms with Crippen LogP contribution in [0.25, 0.3) is 0 Å². The fourth-order valence-corrected chi connectivity index (χ4v) is 2.23. The number of halogens is 1. The molecule has 0 unspecified atom stereocenters. The van der Waals surface area contributed by atoms with Crippen molar-refractivity contribution >= 4 is 17.4 Å². The van der Waals surface area contributed by atoms with E-state index in [1.807, 2.05) is 12.1 Å². The molecule has 4 heteroatoms. The van der Waals surface area contributed by atoms with Gasteiger partial charge in [0, 0.05) is 18.1 Å². The summed E-state index contributed by atoms with van der Waals surface area (Å²) in [7, 11) is 0. The minimum absolute atomic E-state index is 0.388. The summed E-state index contributed by atoms with van der Waals surface area (Å²) < 4.78 is 5.43. The highest BCUT2D eigenvalue weighted by Gasteiger charge is 2.12. The average molecular weight is 293 g/mol. The third-order valence-corrected chi connectivity index (χ3v) is 3.58. The molecule has 0 amide bonds. The second-order valence-corrected chi connectivity index (χ2v) is 5.41. The number of furan rings is 1. The SMILES string of the molecule is CCN(Cc1ccco1)c1cc(CCl)cc(C(C)C)n1. The molecule has 108 valence electrons. The molecule has 0 aromatic carbocycles. The third-order valence-electron chi connectivity index (χ3n) is 3.27. The van der Waals surface area contributed by atoms with Crippen molar-refractivity contribution in [2.45, 2.75) is 39.1 Å². The summed E-state index contributed by atoms with van der Waals surface area (Å²) in [5.41, 5.74) is 2.19. The van der Waals surface area contributed by atoms with Crippen LogP contribution < -0.4 is 4.90 Å². The monoisotopic (exact) mass is 292 g/mol. The maximum absolute atomic E-state index is 6.00. The molecule has 2 aromatic heterocycles. The molecule has 2 aromatic rings. The Hall–Kier alpha value is -1.48. The number of anilines is 1. The largest absolute Gasteiger partial charge is 0.467 e. The Morgan fingerprint density at radius 3 is 2.70 bits per heavy atom. The van der Waals surface area contributed by atoms with Gasteiger partial charge >= 0.3 is 0 Å². The van der Waals surface area contributed by atoms with Gasteiger partial charge in [0.15, 0.2) is 0 Å². The highest BCUT2D eigenvalue weighted by Crippen LogP contribution is 2.22. The minimum Gasteiger partial charge on any atom is -0.467 e. The maximum atomic E-state index is 6.00. The Labute approximate surface area is 125 Å². The molecule has 0 fully saturated rings.